The maximum Gasteiger partial charge on any atom is 0.340 e. The van der Waals surface area contributed by atoms with Crippen molar-refractivity contribution in [1.82, 2.24) is 15.3 Å². The maximum absolute atomic E-state index is 13.8. The van der Waals surface area contributed by atoms with Crippen molar-refractivity contribution in [3.63, 3.8) is 0 Å². The van der Waals surface area contributed by atoms with Gasteiger partial charge in [0, 0.05) is 10.9 Å². The topological polar surface area (TPSA) is 67.0 Å². The fraction of sp³-hybridized carbons (Fsp3) is 0.333. The molecule has 0 bridgehead atoms. The number of hydrogen-bond acceptors (Lipinski definition) is 5. The van der Waals surface area contributed by atoms with Crippen molar-refractivity contribution in [1.29, 1.82) is 0 Å². The van der Waals surface area contributed by atoms with Crippen LogP contribution in [0, 0.1) is 5.82 Å². The molecule has 1 aliphatic rings. The molecule has 0 amide bonds. The highest BCUT2D eigenvalue weighted by Gasteiger charge is 2.23. The Hall–Kier alpha value is -2.25. The highest BCUT2D eigenvalue weighted by Crippen LogP contribution is 2.38. The molecule has 1 aliphatic heterocycles. The molecule has 4 rings (SSSR count). The van der Waals surface area contributed by atoms with Crippen molar-refractivity contribution in [2.75, 3.05) is 13.7 Å². The third-order valence-electron chi connectivity index (χ3n) is 4.54. The van der Waals surface area contributed by atoms with E-state index in [0.29, 0.717) is 22.9 Å². The largest absolute Gasteiger partial charge is 0.465 e. The Bertz CT molecular complexity index is 963. The van der Waals surface area contributed by atoms with Crippen molar-refractivity contribution in [3.8, 4) is 10.7 Å². The predicted octanol–water partition coefficient (Wildman–Crippen LogP) is 3.81. The Morgan fingerprint density at radius 1 is 1.44 bits per heavy atom. The molecule has 0 saturated carbocycles. The molecule has 5 nitrogen and oxygen atoms in total. The monoisotopic (exact) mass is 359 g/mol. The number of halogens is 1. The molecule has 7 heteroatoms. The first-order valence-corrected chi connectivity index (χ1v) is 9.06. The van der Waals surface area contributed by atoms with E-state index < -0.39 is 11.8 Å². The molecule has 0 radical (unpaired) electrons. The molecule has 1 atom stereocenters. The van der Waals surface area contributed by atoms with Crippen molar-refractivity contribution in [3.05, 3.63) is 40.0 Å². The van der Waals surface area contributed by atoms with Gasteiger partial charge in [-0.2, -0.15) is 0 Å². The van der Waals surface area contributed by atoms with Gasteiger partial charge in [0.25, 0.3) is 0 Å². The number of nitrogens with zero attached hydrogens (tertiary/aromatic N) is 1. The molecule has 0 saturated heterocycles. The molecule has 2 aromatic heterocycles. The minimum atomic E-state index is -0.594. The minimum Gasteiger partial charge on any atom is -0.465 e. The Balaban J connectivity index is 1.83. The standard InChI is InChI=1S/C18H18FN3O2S/c1-3-12-16-9(4-5-20-12)6-14(25-16)17-21-13-8-10(19)7-11(15(13)22-17)18(23)24-2/h6-8,12,20H,3-5H2,1-2H3,(H,21,22). The Morgan fingerprint density at radius 2 is 2.28 bits per heavy atom. The van der Waals surface area contributed by atoms with Gasteiger partial charge in [-0.05, 0) is 43.1 Å². The van der Waals surface area contributed by atoms with Gasteiger partial charge in [-0.25, -0.2) is 14.2 Å². The molecule has 3 heterocycles. The first-order chi connectivity index (χ1) is 12.1. The summed E-state index contributed by atoms with van der Waals surface area (Å²) in [6, 6.07) is 5.03. The summed E-state index contributed by atoms with van der Waals surface area (Å²) < 4.78 is 18.6. The average Bonchev–Trinajstić information content (AvgIpc) is 3.23. The summed E-state index contributed by atoms with van der Waals surface area (Å²) in [4.78, 5) is 22.0. The van der Waals surface area contributed by atoms with Crippen molar-refractivity contribution in [2.24, 2.45) is 0 Å². The minimum absolute atomic E-state index is 0.134. The number of H-pyrrole nitrogens is 1. The van der Waals surface area contributed by atoms with Crippen LogP contribution in [0.3, 0.4) is 0 Å². The van der Waals surface area contributed by atoms with Crippen LogP contribution in [0.2, 0.25) is 0 Å². The van der Waals surface area contributed by atoms with Crippen LogP contribution in [0.1, 0.15) is 40.2 Å². The van der Waals surface area contributed by atoms with Gasteiger partial charge < -0.3 is 15.0 Å². The van der Waals surface area contributed by atoms with Crippen molar-refractivity contribution >= 4 is 28.3 Å². The maximum atomic E-state index is 13.8. The zero-order chi connectivity index (χ0) is 17.6. The quantitative estimate of drug-likeness (QED) is 0.698. The van der Waals surface area contributed by atoms with Crippen molar-refractivity contribution < 1.29 is 13.9 Å². The molecule has 1 unspecified atom stereocenters. The first kappa shape index (κ1) is 16.2. The SMILES string of the molecule is CCC1NCCc2cc(-c3nc4c(C(=O)OC)cc(F)cc4[nH]3)sc21. The van der Waals surface area contributed by atoms with E-state index in [1.54, 1.807) is 11.3 Å². The molecule has 25 heavy (non-hydrogen) atoms. The molecular formula is C18H18FN3O2S. The Kier molecular flexibility index (Phi) is 4.05. The number of aromatic nitrogens is 2. The highest BCUT2D eigenvalue weighted by molar-refractivity contribution is 7.15. The van der Waals surface area contributed by atoms with E-state index in [1.165, 1.54) is 23.6 Å². The van der Waals surface area contributed by atoms with Gasteiger partial charge in [-0.1, -0.05) is 6.92 Å². The second-order valence-electron chi connectivity index (χ2n) is 6.09. The lowest BCUT2D eigenvalue weighted by Gasteiger charge is -2.22. The second-order valence-corrected chi connectivity index (χ2v) is 7.18. The number of ether oxygens (including phenoxy) is 1. The molecule has 3 aromatic rings. The number of nitrogens with one attached hydrogen (secondary N) is 2. The fourth-order valence-corrected chi connectivity index (χ4v) is 4.63. The number of fused-ring (bicyclic) bond motifs is 2. The van der Waals surface area contributed by atoms with Crippen LogP contribution in [-0.2, 0) is 11.2 Å². The molecular weight excluding hydrogens is 341 g/mol. The Labute approximate surface area is 148 Å². The van der Waals surface area contributed by atoms with Gasteiger partial charge in [0.05, 0.1) is 23.1 Å². The molecule has 2 N–H and O–H groups in total. The van der Waals surface area contributed by atoms with Crippen LogP contribution < -0.4 is 5.32 Å². The summed E-state index contributed by atoms with van der Waals surface area (Å²) in [6.45, 7) is 3.14. The van der Waals surface area contributed by atoms with Crippen LogP contribution >= 0.6 is 11.3 Å². The number of rotatable bonds is 3. The van der Waals surface area contributed by atoms with E-state index in [9.17, 15) is 9.18 Å². The summed E-state index contributed by atoms with van der Waals surface area (Å²) in [5.41, 5.74) is 2.39. The van der Waals surface area contributed by atoms with Gasteiger partial charge in [0.15, 0.2) is 0 Å². The number of imidazole rings is 1. The van der Waals surface area contributed by atoms with Crippen LogP contribution in [-0.4, -0.2) is 29.6 Å². The molecule has 0 aliphatic carbocycles. The lowest BCUT2D eigenvalue weighted by Crippen LogP contribution is -2.27. The number of carbonyl (C=O) groups excluding carboxylic acids is 1. The summed E-state index contributed by atoms with van der Waals surface area (Å²) in [6.07, 6.45) is 2.02. The van der Waals surface area contributed by atoms with E-state index in [1.807, 2.05) is 0 Å². The zero-order valence-electron chi connectivity index (χ0n) is 14.0. The third-order valence-corrected chi connectivity index (χ3v) is 5.84. The molecule has 1 aromatic carbocycles. The predicted molar refractivity (Wildman–Crippen MR) is 95.4 cm³/mol. The van der Waals surface area contributed by atoms with E-state index in [2.05, 4.69) is 28.3 Å². The van der Waals surface area contributed by atoms with Gasteiger partial charge in [-0.3, -0.25) is 0 Å². The van der Waals surface area contributed by atoms with Gasteiger partial charge in [0.1, 0.15) is 17.2 Å². The fourth-order valence-electron chi connectivity index (χ4n) is 3.32. The molecule has 0 spiro atoms. The first-order valence-electron chi connectivity index (χ1n) is 8.24. The van der Waals surface area contributed by atoms with Gasteiger partial charge in [-0.15, -0.1) is 11.3 Å². The number of aromatic amines is 1. The van der Waals surface area contributed by atoms with Crippen LogP contribution in [0.4, 0.5) is 4.39 Å². The number of carbonyl (C=O) groups is 1. The van der Waals surface area contributed by atoms with Gasteiger partial charge >= 0.3 is 5.97 Å². The van der Waals surface area contributed by atoms with E-state index >= 15 is 0 Å². The van der Waals surface area contributed by atoms with E-state index in [-0.39, 0.29) is 5.56 Å². The second kappa shape index (κ2) is 6.24. The lowest BCUT2D eigenvalue weighted by molar-refractivity contribution is 0.0602. The molecule has 130 valence electrons. The molecule has 0 fully saturated rings. The van der Waals surface area contributed by atoms with Crippen LogP contribution in [0.15, 0.2) is 18.2 Å². The average molecular weight is 359 g/mol. The van der Waals surface area contributed by atoms with Crippen LogP contribution in [0.5, 0.6) is 0 Å². The summed E-state index contributed by atoms with van der Waals surface area (Å²) in [5, 5.41) is 3.52. The highest BCUT2D eigenvalue weighted by atomic mass is 32.1. The normalized spacial score (nSPS) is 16.8. The number of thiophene rings is 1. The number of esters is 1. The number of benzene rings is 1. The zero-order valence-corrected chi connectivity index (χ0v) is 14.8. The van der Waals surface area contributed by atoms with E-state index in [4.69, 9.17) is 4.74 Å². The third kappa shape index (κ3) is 2.73. The smallest absolute Gasteiger partial charge is 0.340 e. The summed E-state index contributed by atoms with van der Waals surface area (Å²) in [7, 11) is 1.28. The van der Waals surface area contributed by atoms with Gasteiger partial charge in [0.2, 0.25) is 0 Å². The summed E-state index contributed by atoms with van der Waals surface area (Å²) in [5.74, 6) is -0.438. The van der Waals surface area contributed by atoms with Crippen molar-refractivity contribution in [2.45, 2.75) is 25.8 Å². The lowest BCUT2D eigenvalue weighted by atomic mass is 10.0. The Morgan fingerprint density at radius 3 is 3.04 bits per heavy atom. The van der Waals surface area contributed by atoms with Crippen LogP contribution in [0.25, 0.3) is 21.7 Å². The number of hydrogen-bond donors (Lipinski definition) is 2. The summed E-state index contributed by atoms with van der Waals surface area (Å²) >= 11 is 1.69. The van der Waals surface area contributed by atoms with E-state index in [0.717, 1.165) is 30.3 Å². The number of methoxy groups -OCH3 is 1.